The Labute approximate surface area is 108 Å². The fourth-order valence-corrected chi connectivity index (χ4v) is 3.14. The summed E-state index contributed by atoms with van der Waals surface area (Å²) in [6.07, 6.45) is 5.58. The van der Waals surface area contributed by atoms with Gasteiger partial charge >= 0.3 is 0 Å². The first-order valence-electron chi connectivity index (χ1n) is 6.96. The van der Waals surface area contributed by atoms with Gasteiger partial charge in [0, 0.05) is 19.6 Å². The highest BCUT2D eigenvalue weighted by molar-refractivity contribution is 4.95. The van der Waals surface area contributed by atoms with Gasteiger partial charge < -0.3 is 9.30 Å². The number of fused-ring (bicyclic) bond motifs is 1. The number of hydrogen-bond acceptors (Lipinski definition) is 4. The van der Waals surface area contributed by atoms with Crippen molar-refractivity contribution in [2.24, 2.45) is 7.05 Å². The van der Waals surface area contributed by atoms with E-state index >= 15 is 0 Å². The van der Waals surface area contributed by atoms with Crippen molar-refractivity contribution in [1.29, 1.82) is 0 Å². The second-order valence-corrected chi connectivity index (χ2v) is 5.45. The molecular formula is C13H22N4O. The Bertz CT molecular complexity index is 415. The summed E-state index contributed by atoms with van der Waals surface area (Å²) in [5.74, 6) is 2.05. The van der Waals surface area contributed by atoms with E-state index in [1.807, 2.05) is 14.0 Å². The predicted octanol–water partition coefficient (Wildman–Crippen LogP) is 1.27. The van der Waals surface area contributed by atoms with E-state index < -0.39 is 0 Å². The summed E-state index contributed by atoms with van der Waals surface area (Å²) in [7, 11) is 2.05. The number of nitrogens with zero attached hydrogens (tertiary/aromatic N) is 4. The lowest BCUT2D eigenvalue weighted by molar-refractivity contribution is -0.0920. The van der Waals surface area contributed by atoms with E-state index in [2.05, 4.69) is 19.7 Å². The smallest absolute Gasteiger partial charge is 0.146 e. The van der Waals surface area contributed by atoms with Gasteiger partial charge in [0.1, 0.15) is 11.6 Å². The van der Waals surface area contributed by atoms with Gasteiger partial charge in [0.05, 0.1) is 19.3 Å². The van der Waals surface area contributed by atoms with Crippen LogP contribution in [-0.4, -0.2) is 45.0 Å². The first-order chi connectivity index (χ1) is 8.75. The molecule has 2 fully saturated rings. The average molecular weight is 250 g/mol. The Morgan fingerprint density at radius 2 is 2.11 bits per heavy atom. The largest absolute Gasteiger partial charge is 0.375 e. The van der Waals surface area contributed by atoms with Gasteiger partial charge in [-0.3, -0.25) is 4.90 Å². The van der Waals surface area contributed by atoms with Gasteiger partial charge in [0.2, 0.25) is 0 Å². The molecule has 0 amide bonds. The number of aryl methyl sites for hydroxylation is 1. The minimum absolute atomic E-state index is 0.446. The zero-order valence-corrected chi connectivity index (χ0v) is 11.3. The zero-order chi connectivity index (χ0) is 12.5. The molecule has 5 heteroatoms. The fourth-order valence-electron chi connectivity index (χ4n) is 3.14. The van der Waals surface area contributed by atoms with Gasteiger partial charge in [-0.25, -0.2) is 0 Å². The van der Waals surface area contributed by atoms with E-state index in [1.54, 1.807) is 0 Å². The molecule has 1 aromatic rings. The molecular weight excluding hydrogens is 228 g/mol. The van der Waals surface area contributed by atoms with Crippen molar-refractivity contribution in [2.45, 2.75) is 51.3 Å². The highest BCUT2D eigenvalue weighted by atomic mass is 16.5. The van der Waals surface area contributed by atoms with Crippen molar-refractivity contribution in [3.05, 3.63) is 11.6 Å². The molecule has 1 aliphatic carbocycles. The van der Waals surface area contributed by atoms with E-state index in [-0.39, 0.29) is 0 Å². The number of ether oxygens (including phenoxy) is 1. The first kappa shape index (κ1) is 12.1. The van der Waals surface area contributed by atoms with Crippen molar-refractivity contribution >= 4 is 0 Å². The number of hydrogen-bond donors (Lipinski definition) is 0. The summed E-state index contributed by atoms with van der Waals surface area (Å²) in [6.45, 7) is 4.78. The third-order valence-corrected chi connectivity index (χ3v) is 4.37. The van der Waals surface area contributed by atoms with Gasteiger partial charge in [-0.05, 0) is 19.8 Å². The molecule has 0 radical (unpaired) electrons. The summed E-state index contributed by atoms with van der Waals surface area (Å²) >= 11 is 0. The van der Waals surface area contributed by atoms with E-state index in [9.17, 15) is 0 Å². The van der Waals surface area contributed by atoms with Gasteiger partial charge in [-0.2, -0.15) is 0 Å². The van der Waals surface area contributed by atoms with Crippen molar-refractivity contribution in [1.82, 2.24) is 19.7 Å². The summed E-state index contributed by atoms with van der Waals surface area (Å²) < 4.78 is 7.99. The maximum absolute atomic E-state index is 5.90. The normalized spacial score (nSPS) is 29.2. The Balaban J connectivity index is 1.73. The second kappa shape index (κ2) is 4.97. The summed E-state index contributed by atoms with van der Waals surface area (Å²) in [5, 5.41) is 8.42. The van der Waals surface area contributed by atoms with Gasteiger partial charge in [-0.1, -0.05) is 12.8 Å². The standard InChI is InChI=1S/C13H22N4O/c1-10-14-15-13(16(10)2)9-17-7-8-18-12-6-4-3-5-11(12)17/h11-12H,3-9H2,1-2H3. The third kappa shape index (κ3) is 2.17. The summed E-state index contributed by atoms with van der Waals surface area (Å²) in [5.41, 5.74) is 0. The van der Waals surface area contributed by atoms with Crippen LogP contribution >= 0.6 is 0 Å². The third-order valence-electron chi connectivity index (χ3n) is 4.37. The molecule has 1 saturated heterocycles. The summed E-state index contributed by atoms with van der Waals surface area (Å²) in [4.78, 5) is 2.54. The number of morpholine rings is 1. The van der Waals surface area contributed by atoms with E-state index in [0.29, 0.717) is 12.1 Å². The molecule has 100 valence electrons. The summed E-state index contributed by atoms with van der Waals surface area (Å²) in [6, 6.07) is 0.588. The van der Waals surface area contributed by atoms with Crippen LogP contribution in [0.25, 0.3) is 0 Å². The maximum atomic E-state index is 5.90. The molecule has 2 unspecified atom stereocenters. The van der Waals surface area contributed by atoms with Crippen LogP contribution in [0.2, 0.25) is 0 Å². The first-order valence-corrected chi connectivity index (χ1v) is 6.96. The van der Waals surface area contributed by atoms with E-state index in [0.717, 1.165) is 31.3 Å². The molecule has 2 aliphatic rings. The monoisotopic (exact) mass is 250 g/mol. The molecule has 2 heterocycles. The predicted molar refractivity (Wildman–Crippen MR) is 68.1 cm³/mol. The SMILES string of the molecule is Cc1nnc(CN2CCOC3CCCCC32)n1C. The molecule has 1 aromatic heterocycles. The van der Waals surface area contributed by atoms with Crippen LogP contribution in [0, 0.1) is 6.92 Å². The maximum Gasteiger partial charge on any atom is 0.146 e. The topological polar surface area (TPSA) is 43.2 Å². The van der Waals surface area contributed by atoms with Crippen LogP contribution in [-0.2, 0) is 18.3 Å². The van der Waals surface area contributed by atoms with Crippen LogP contribution in [0.15, 0.2) is 0 Å². The minimum atomic E-state index is 0.446. The Morgan fingerprint density at radius 1 is 1.28 bits per heavy atom. The van der Waals surface area contributed by atoms with Gasteiger partial charge in [0.25, 0.3) is 0 Å². The quantitative estimate of drug-likeness (QED) is 0.793. The van der Waals surface area contributed by atoms with Crippen LogP contribution < -0.4 is 0 Å². The molecule has 0 spiro atoms. The van der Waals surface area contributed by atoms with Crippen LogP contribution in [0.5, 0.6) is 0 Å². The van der Waals surface area contributed by atoms with E-state index in [1.165, 1.54) is 25.7 Å². The molecule has 5 nitrogen and oxygen atoms in total. The highest BCUT2D eigenvalue weighted by Gasteiger charge is 2.34. The Morgan fingerprint density at radius 3 is 2.89 bits per heavy atom. The van der Waals surface area contributed by atoms with Crippen molar-refractivity contribution in [3.63, 3.8) is 0 Å². The van der Waals surface area contributed by atoms with Gasteiger partial charge in [-0.15, -0.1) is 10.2 Å². The van der Waals surface area contributed by atoms with Crippen molar-refractivity contribution in [3.8, 4) is 0 Å². The second-order valence-electron chi connectivity index (χ2n) is 5.45. The molecule has 1 aliphatic heterocycles. The lowest BCUT2D eigenvalue weighted by atomic mass is 9.90. The lowest BCUT2D eigenvalue weighted by Crippen LogP contribution is -2.52. The fraction of sp³-hybridized carbons (Fsp3) is 0.846. The van der Waals surface area contributed by atoms with Crippen molar-refractivity contribution < 1.29 is 4.74 Å². The highest BCUT2D eigenvalue weighted by Crippen LogP contribution is 2.29. The molecule has 18 heavy (non-hydrogen) atoms. The lowest BCUT2D eigenvalue weighted by Gasteiger charge is -2.43. The van der Waals surface area contributed by atoms with Crippen molar-refractivity contribution in [2.75, 3.05) is 13.2 Å². The zero-order valence-electron chi connectivity index (χ0n) is 11.3. The minimum Gasteiger partial charge on any atom is -0.375 e. The van der Waals surface area contributed by atoms with Crippen LogP contribution in [0.1, 0.15) is 37.3 Å². The van der Waals surface area contributed by atoms with Crippen LogP contribution in [0.4, 0.5) is 0 Å². The number of aromatic nitrogens is 3. The molecule has 3 rings (SSSR count). The molecule has 0 bridgehead atoms. The molecule has 2 atom stereocenters. The average Bonchev–Trinajstić information content (AvgIpc) is 2.71. The molecule has 0 aromatic carbocycles. The molecule has 0 N–H and O–H groups in total. The Kier molecular flexibility index (Phi) is 3.35. The van der Waals surface area contributed by atoms with E-state index in [4.69, 9.17) is 4.74 Å². The van der Waals surface area contributed by atoms with Gasteiger partial charge in [0.15, 0.2) is 0 Å². The molecule has 1 saturated carbocycles. The van der Waals surface area contributed by atoms with Crippen LogP contribution in [0.3, 0.4) is 0 Å². The Hall–Kier alpha value is -0.940. The number of rotatable bonds is 2.